The zero-order valence-electron chi connectivity index (χ0n) is 14.1. The summed E-state index contributed by atoms with van der Waals surface area (Å²) >= 11 is 6.02. The molecule has 2 N–H and O–H groups in total. The summed E-state index contributed by atoms with van der Waals surface area (Å²) in [4.78, 5) is 12.5. The largest absolute Gasteiger partial charge is 0.380 e. The molecule has 0 saturated carbocycles. The SMILES string of the molecule is C[C@H](C(=O)Nc1cc(C2COC2)n[nH]1)c1cnn(-c2cccc(Cl)c2)c1. The van der Waals surface area contributed by atoms with Gasteiger partial charge in [0.15, 0.2) is 0 Å². The lowest BCUT2D eigenvalue weighted by Gasteiger charge is -2.23. The minimum Gasteiger partial charge on any atom is -0.380 e. The van der Waals surface area contributed by atoms with Gasteiger partial charge in [-0.3, -0.25) is 9.89 Å². The van der Waals surface area contributed by atoms with Gasteiger partial charge in [-0.15, -0.1) is 0 Å². The van der Waals surface area contributed by atoms with Crippen LogP contribution in [0.2, 0.25) is 5.02 Å². The molecule has 3 aromatic rings. The smallest absolute Gasteiger partial charge is 0.232 e. The molecule has 0 radical (unpaired) electrons. The number of rotatable bonds is 5. The molecule has 1 aliphatic heterocycles. The Morgan fingerprint density at radius 2 is 2.27 bits per heavy atom. The van der Waals surface area contributed by atoms with Crippen LogP contribution in [0.3, 0.4) is 0 Å². The summed E-state index contributed by atoms with van der Waals surface area (Å²) in [6, 6.07) is 9.24. The molecule has 1 aliphatic rings. The number of aromatic nitrogens is 4. The molecular weight excluding hydrogens is 354 g/mol. The van der Waals surface area contributed by atoms with Crippen LogP contribution in [0.5, 0.6) is 0 Å². The maximum absolute atomic E-state index is 12.5. The Morgan fingerprint density at radius 3 is 3.00 bits per heavy atom. The molecule has 0 unspecified atom stereocenters. The Labute approximate surface area is 155 Å². The van der Waals surface area contributed by atoms with Crippen LogP contribution in [0.1, 0.15) is 30.0 Å². The zero-order valence-corrected chi connectivity index (χ0v) is 14.9. The van der Waals surface area contributed by atoms with Crippen molar-refractivity contribution < 1.29 is 9.53 Å². The highest BCUT2D eigenvalue weighted by Crippen LogP contribution is 2.25. The molecule has 4 rings (SSSR count). The van der Waals surface area contributed by atoms with Crippen molar-refractivity contribution in [3.05, 3.63) is 59.0 Å². The molecule has 26 heavy (non-hydrogen) atoms. The van der Waals surface area contributed by atoms with E-state index in [-0.39, 0.29) is 11.8 Å². The van der Waals surface area contributed by atoms with Gasteiger partial charge in [-0.05, 0) is 25.1 Å². The van der Waals surface area contributed by atoms with Crippen LogP contribution in [-0.4, -0.2) is 39.1 Å². The number of ether oxygens (including phenoxy) is 1. The third kappa shape index (κ3) is 3.36. The van der Waals surface area contributed by atoms with Crippen molar-refractivity contribution >= 4 is 23.3 Å². The number of H-pyrrole nitrogens is 1. The molecule has 1 saturated heterocycles. The average molecular weight is 372 g/mol. The number of benzene rings is 1. The van der Waals surface area contributed by atoms with Crippen LogP contribution in [0, 0.1) is 0 Å². The minimum atomic E-state index is -0.360. The van der Waals surface area contributed by atoms with Crippen molar-refractivity contribution in [2.75, 3.05) is 18.5 Å². The Kier molecular flexibility index (Phi) is 4.48. The summed E-state index contributed by atoms with van der Waals surface area (Å²) < 4.78 is 6.87. The van der Waals surface area contributed by atoms with E-state index in [2.05, 4.69) is 20.6 Å². The topological polar surface area (TPSA) is 84.8 Å². The standard InChI is InChI=1S/C18H18ClN5O2/c1-11(12-7-20-24(8-12)15-4-2-3-14(19)5-15)18(25)21-17-6-16(22-23-17)13-9-26-10-13/h2-8,11,13H,9-10H2,1H3,(H2,21,22,23,25)/t11-/m0/s1. The first-order valence-electron chi connectivity index (χ1n) is 8.34. The second kappa shape index (κ2) is 6.93. The van der Waals surface area contributed by atoms with Crippen LogP contribution in [0.25, 0.3) is 5.69 Å². The molecule has 2 aromatic heterocycles. The number of amides is 1. The van der Waals surface area contributed by atoms with Gasteiger partial charge < -0.3 is 10.1 Å². The van der Waals surface area contributed by atoms with E-state index in [9.17, 15) is 4.79 Å². The highest BCUT2D eigenvalue weighted by atomic mass is 35.5. The van der Waals surface area contributed by atoms with Gasteiger partial charge in [0.05, 0.1) is 36.7 Å². The van der Waals surface area contributed by atoms with Gasteiger partial charge in [0.25, 0.3) is 0 Å². The lowest BCUT2D eigenvalue weighted by atomic mass is 10.0. The van der Waals surface area contributed by atoms with Gasteiger partial charge in [0.2, 0.25) is 5.91 Å². The maximum atomic E-state index is 12.5. The minimum absolute atomic E-state index is 0.129. The molecule has 0 aliphatic carbocycles. The van der Waals surface area contributed by atoms with Crippen molar-refractivity contribution in [2.45, 2.75) is 18.8 Å². The molecule has 0 bridgehead atoms. The summed E-state index contributed by atoms with van der Waals surface area (Å²) in [6.07, 6.45) is 3.52. The predicted octanol–water partition coefficient (Wildman–Crippen LogP) is 3.10. The van der Waals surface area contributed by atoms with E-state index in [1.54, 1.807) is 16.9 Å². The summed E-state index contributed by atoms with van der Waals surface area (Å²) in [5.74, 6) is 0.411. The van der Waals surface area contributed by atoms with Crippen molar-refractivity contribution in [2.24, 2.45) is 0 Å². The fourth-order valence-electron chi connectivity index (χ4n) is 2.73. The molecule has 1 amide bonds. The number of aromatic amines is 1. The Morgan fingerprint density at radius 1 is 1.42 bits per heavy atom. The molecular formula is C18H18ClN5O2. The molecule has 134 valence electrons. The third-order valence-electron chi connectivity index (χ3n) is 4.48. The molecule has 3 heterocycles. The van der Waals surface area contributed by atoms with E-state index >= 15 is 0 Å². The van der Waals surface area contributed by atoms with Crippen LogP contribution in [-0.2, 0) is 9.53 Å². The Balaban J connectivity index is 1.44. The number of carbonyl (C=O) groups excluding carboxylic acids is 1. The van der Waals surface area contributed by atoms with Gasteiger partial charge >= 0.3 is 0 Å². The highest BCUT2D eigenvalue weighted by Gasteiger charge is 2.24. The summed E-state index contributed by atoms with van der Waals surface area (Å²) in [6.45, 7) is 3.19. The highest BCUT2D eigenvalue weighted by molar-refractivity contribution is 6.30. The van der Waals surface area contributed by atoms with Crippen LogP contribution in [0.4, 0.5) is 5.82 Å². The van der Waals surface area contributed by atoms with E-state index in [1.807, 2.05) is 37.4 Å². The second-order valence-electron chi connectivity index (χ2n) is 6.35. The quantitative estimate of drug-likeness (QED) is 0.721. The summed E-state index contributed by atoms with van der Waals surface area (Å²) in [5, 5.41) is 14.9. The van der Waals surface area contributed by atoms with Crippen molar-refractivity contribution in [3.8, 4) is 5.69 Å². The first-order valence-corrected chi connectivity index (χ1v) is 8.72. The Hall–Kier alpha value is -2.64. The molecule has 7 nitrogen and oxygen atoms in total. The van der Waals surface area contributed by atoms with Crippen LogP contribution >= 0.6 is 11.6 Å². The molecule has 8 heteroatoms. The number of anilines is 1. The first kappa shape index (κ1) is 16.8. The number of nitrogens with zero attached hydrogens (tertiary/aromatic N) is 3. The van der Waals surface area contributed by atoms with E-state index < -0.39 is 0 Å². The van der Waals surface area contributed by atoms with Gasteiger partial charge in [0.1, 0.15) is 5.82 Å². The van der Waals surface area contributed by atoms with E-state index in [1.165, 1.54) is 0 Å². The molecule has 1 aromatic carbocycles. The number of carbonyl (C=O) groups is 1. The lowest BCUT2D eigenvalue weighted by molar-refractivity contribution is -0.117. The normalized spacial score (nSPS) is 15.5. The van der Waals surface area contributed by atoms with Gasteiger partial charge in [0, 0.05) is 28.8 Å². The fraction of sp³-hybridized carbons (Fsp3) is 0.278. The molecule has 0 spiro atoms. The predicted molar refractivity (Wildman–Crippen MR) is 97.8 cm³/mol. The number of halogens is 1. The number of nitrogens with one attached hydrogen (secondary N) is 2. The van der Waals surface area contributed by atoms with E-state index in [0.29, 0.717) is 30.0 Å². The molecule has 1 fully saturated rings. The summed E-state index contributed by atoms with van der Waals surface area (Å²) in [5.41, 5.74) is 2.57. The van der Waals surface area contributed by atoms with Crippen LogP contribution < -0.4 is 5.32 Å². The second-order valence-corrected chi connectivity index (χ2v) is 6.79. The lowest BCUT2D eigenvalue weighted by Crippen LogP contribution is -2.25. The molecule has 1 atom stereocenters. The number of hydrogen-bond acceptors (Lipinski definition) is 4. The van der Waals surface area contributed by atoms with E-state index in [0.717, 1.165) is 16.9 Å². The fourth-order valence-corrected chi connectivity index (χ4v) is 2.91. The van der Waals surface area contributed by atoms with E-state index in [4.69, 9.17) is 16.3 Å². The first-order chi connectivity index (χ1) is 12.6. The summed E-state index contributed by atoms with van der Waals surface area (Å²) in [7, 11) is 0. The number of hydrogen-bond donors (Lipinski definition) is 2. The van der Waals surface area contributed by atoms with Crippen molar-refractivity contribution in [1.29, 1.82) is 0 Å². The van der Waals surface area contributed by atoms with Gasteiger partial charge in [-0.1, -0.05) is 17.7 Å². The van der Waals surface area contributed by atoms with Gasteiger partial charge in [-0.2, -0.15) is 10.2 Å². The third-order valence-corrected chi connectivity index (χ3v) is 4.72. The average Bonchev–Trinajstić information content (AvgIpc) is 3.22. The zero-order chi connectivity index (χ0) is 18.1. The van der Waals surface area contributed by atoms with Crippen molar-refractivity contribution in [1.82, 2.24) is 20.0 Å². The van der Waals surface area contributed by atoms with Crippen LogP contribution in [0.15, 0.2) is 42.7 Å². The monoisotopic (exact) mass is 371 g/mol. The van der Waals surface area contributed by atoms with Gasteiger partial charge in [-0.25, -0.2) is 4.68 Å². The maximum Gasteiger partial charge on any atom is 0.232 e. The van der Waals surface area contributed by atoms with Crippen molar-refractivity contribution in [3.63, 3.8) is 0 Å². The Bertz CT molecular complexity index is 931.